The Morgan fingerprint density at radius 1 is 1.14 bits per heavy atom. The number of anilines is 1. The molecule has 0 radical (unpaired) electrons. The van der Waals surface area contributed by atoms with Crippen molar-refractivity contribution in [3.05, 3.63) is 53.3 Å². The van der Waals surface area contributed by atoms with Gasteiger partial charge in [-0.15, -0.1) is 0 Å². The third-order valence-corrected chi connectivity index (χ3v) is 4.99. The molecule has 4 rings (SSSR count). The molecule has 2 aromatic carbocycles. The maximum atomic E-state index is 12.4. The molecule has 29 heavy (non-hydrogen) atoms. The molecule has 1 atom stereocenters. The standard InChI is InChI=1S/C22H21NO6/c1-12-4-6-17-15(10-26-21(17)13(12)2)8-20(24)29-14(3)22(25)23-16-5-7-18-19(9-16)28-11-27-18/h4-7,9-10,14H,8,11H2,1-3H3,(H,23,25)/t14-/m0/s1. The number of amides is 1. The second kappa shape index (κ2) is 7.50. The van der Waals surface area contributed by atoms with E-state index < -0.39 is 18.0 Å². The van der Waals surface area contributed by atoms with Gasteiger partial charge in [0, 0.05) is 22.7 Å². The van der Waals surface area contributed by atoms with Crippen LogP contribution in [-0.2, 0) is 20.7 Å². The van der Waals surface area contributed by atoms with E-state index in [2.05, 4.69) is 5.32 Å². The van der Waals surface area contributed by atoms with Crippen LogP contribution in [0.5, 0.6) is 11.5 Å². The van der Waals surface area contributed by atoms with E-state index in [-0.39, 0.29) is 13.2 Å². The summed E-state index contributed by atoms with van der Waals surface area (Å²) in [5.74, 6) is 0.255. The molecule has 3 aromatic rings. The Labute approximate surface area is 167 Å². The van der Waals surface area contributed by atoms with Gasteiger partial charge in [-0.1, -0.05) is 12.1 Å². The molecular weight excluding hydrogens is 374 g/mol. The summed E-state index contributed by atoms with van der Waals surface area (Å²) in [5, 5.41) is 3.59. The van der Waals surface area contributed by atoms with Gasteiger partial charge in [-0.3, -0.25) is 9.59 Å². The van der Waals surface area contributed by atoms with Crippen LogP contribution in [0.3, 0.4) is 0 Å². The van der Waals surface area contributed by atoms with Gasteiger partial charge in [-0.25, -0.2) is 0 Å². The quantitative estimate of drug-likeness (QED) is 0.660. The van der Waals surface area contributed by atoms with Crippen molar-refractivity contribution in [2.24, 2.45) is 0 Å². The van der Waals surface area contributed by atoms with E-state index in [1.807, 2.05) is 26.0 Å². The highest BCUT2D eigenvalue weighted by atomic mass is 16.7. The first-order chi connectivity index (χ1) is 13.9. The summed E-state index contributed by atoms with van der Waals surface area (Å²) in [6.45, 7) is 5.67. The number of nitrogens with one attached hydrogen (secondary N) is 1. The highest BCUT2D eigenvalue weighted by Crippen LogP contribution is 2.34. The molecule has 1 amide bonds. The first-order valence-electron chi connectivity index (χ1n) is 9.28. The number of carbonyl (C=O) groups is 2. The molecule has 1 N–H and O–H groups in total. The van der Waals surface area contributed by atoms with Crippen molar-refractivity contribution in [2.75, 3.05) is 12.1 Å². The fourth-order valence-electron chi connectivity index (χ4n) is 3.19. The average Bonchev–Trinajstić information content (AvgIpc) is 3.31. The third-order valence-electron chi connectivity index (χ3n) is 4.99. The first kappa shape index (κ1) is 18.9. The molecule has 150 valence electrons. The molecular formula is C22H21NO6. The fraction of sp³-hybridized carbons (Fsp3) is 0.273. The van der Waals surface area contributed by atoms with Crippen LogP contribution in [0.25, 0.3) is 11.0 Å². The van der Waals surface area contributed by atoms with Crippen LogP contribution in [0, 0.1) is 13.8 Å². The monoisotopic (exact) mass is 395 g/mol. The zero-order chi connectivity index (χ0) is 20.5. The predicted octanol–water partition coefficient (Wildman–Crippen LogP) is 3.89. The number of hydrogen-bond acceptors (Lipinski definition) is 6. The lowest BCUT2D eigenvalue weighted by atomic mass is 10.0. The van der Waals surface area contributed by atoms with E-state index in [0.717, 1.165) is 27.7 Å². The second-order valence-electron chi connectivity index (χ2n) is 7.01. The van der Waals surface area contributed by atoms with Crippen LogP contribution in [0.1, 0.15) is 23.6 Å². The molecule has 0 unspecified atom stereocenters. The lowest BCUT2D eigenvalue weighted by Gasteiger charge is -2.13. The summed E-state index contributed by atoms with van der Waals surface area (Å²) >= 11 is 0. The Hall–Kier alpha value is -3.48. The summed E-state index contributed by atoms with van der Waals surface area (Å²) in [5.41, 5.74) is 4.19. The smallest absolute Gasteiger partial charge is 0.311 e. The largest absolute Gasteiger partial charge is 0.464 e. The SMILES string of the molecule is Cc1ccc2c(CC(=O)O[C@@H](C)C(=O)Nc3ccc4c(c3)OCO4)coc2c1C. The average molecular weight is 395 g/mol. The summed E-state index contributed by atoms with van der Waals surface area (Å²) in [4.78, 5) is 24.7. The molecule has 1 aliphatic heterocycles. The van der Waals surface area contributed by atoms with Gasteiger partial charge in [0.25, 0.3) is 5.91 Å². The molecule has 7 heteroatoms. The van der Waals surface area contributed by atoms with Gasteiger partial charge in [-0.2, -0.15) is 0 Å². The summed E-state index contributed by atoms with van der Waals surface area (Å²) < 4.78 is 21.5. The number of furan rings is 1. The van der Waals surface area contributed by atoms with Crippen LogP contribution in [-0.4, -0.2) is 24.8 Å². The number of fused-ring (bicyclic) bond motifs is 2. The Kier molecular flexibility index (Phi) is 4.88. The van der Waals surface area contributed by atoms with Gasteiger partial charge in [0.15, 0.2) is 17.6 Å². The maximum Gasteiger partial charge on any atom is 0.311 e. The maximum absolute atomic E-state index is 12.4. The Bertz CT molecular complexity index is 1100. The number of ether oxygens (including phenoxy) is 3. The number of carbonyl (C=O) groups excluding carboxylic acids is 2. The van der Waals surface area contributed by atoms with Crippen LogP contribution in [0.15, 0.2) is 41.0 Å². The molecule has 1 aromatic heterocycles. The molecule has 0 aliphatic carbocycles. The van der Waals surface area contributed by atoms with Crippen molar-refractivity contribution in [1.82, 2.24) is 0 Å². The minimum absolute atomic E-state index is 0.0249. The van der Waals surface area contributed by atoms with E-state index in [1.54, 1.807) is 24.5 Å². The minimum atomic E-state index is -0.949. The van der Waals surface area contributed by atoms with Crippen molar-refractivity contribution < 1.29 is 28.2 Å². The topological polar surface area (TPSA) is 87.0 Å². The number of esters is 1. The van der Waals surface area contributed by atoms with Gasteiger partial charge >= 0.3 is 5.97 Å². The normalized spacial score (nSPS) is 13.3. The number of benzene rings is 2. The van der Waals surface area contributed by atoms with Crippen LogP contribution >= 0.6 is 0 Å². The van der Waals surface area contributed by atoms with Gasteiger partial charge in [-0.05, 0) is 44.0 Å². The van der Waals surface area contributed by atoms with Crippen molar-refractivity contribution in [3.63, 3.8) is 0 Å². The van der Waals surface area contributed by atoms with Crippen LogP contribution in [0.4, 0.5) is 5.69 Å². The lowest BCUT2D eigenvalue weighted by molar-refractivity contribution is -0.152. The summed E-state index contributed by atoms with van der Waals surface area (Å²) in [6, 6.07) is 8.99. The second-order valence-corrected chi connectivity index (χ2v) is 7.01. The van der Waals surface area contributed by atoms with E-state index in [9.17, 15) is 9.59 Å². The Balaban J connectivity index is 1.38. The van der Waals surface area contributed by atoms with E-state index in [0.29, 0.717) is 17.2 Å². The molecule has 1 aliphatic rings. The Morgan fingerprint density at radius 3 is 2.76 bits per heavy atom. The van der Waals surface area contributed by atoms with Crippen LogP contribution < -0.4 is 14.8 Å². The van der Waals surface area contributed by atoms with Crippen molar-refractivity contribution >= 4 is 28.5 Å². The minimum Gasteiger partial charge on any atom is -0.464 e. The Morgan fingerprint density at radius 2 is 1.93 bits per heavy atom. The van der Waals surface area contributed by atoms with Crippen molar-refractivity contribution in [1.29, 1.82) is 0 Å². The predicted molar refractivity (Wildman–Crippen MR) is 106 cm³/mol. The molecule has 0 fully saturated rings. The highest BCUT2D eigenvalue weighted by molar-refractivity contribution is 5.96. The van der Waals surface area contributed by atoms with Crippen molar-refractivity contribution in [3.8, 4) is 11.5 Å². The van der Waals surface area contributed by atoms with Gasteiger partial charge in [0.05, 0.1) is 12.7 Å². The molecule has 0 spiro atoms. The third kappa shape index (κ3) is 3.76. The molecule has 0 bridgehead atoms. The first-order valence-corrected chi connectivity index (χ1v) is 9.28. The molecule has 2 heterocycles. The number of hydrogen-bond donors (Lipinski definition) is 1. The zero-order valence-electron chi connectivity index (χ0n) is 16.4. The summed E-state index contributed by atoms with van der Waals surface area (Å²) in [6.07, 6.45) is 0.641. The zero-order valence-corrected chi connectivity index (χ0v) is 16.4. The number of rotatable bonds is 5. The summed E-state index contributed by atoms with van der Waals surface area (Å²) in [7, 11) is 0. The van der Waals surface area contributed by atoms with E-state index >= 15 is 0 Å². The lowest BCUT2D eigenvalue weighted by Crippen LogP contribution is -2.30. The van der Waals surface area contributed by atoms with Gasteiger partial charge < -0.3 is 23.9 Å². The van der Waals surface area contributed by atoms with Gasteiger partial charge in [0.1, 0.15) is 5.58 Å². The van der Waals surface area contributed by atoms with Crippen LogP contribution in [0.2, 0.25) is 0 Å². The van der Waals surface area contributed by atoms with Crippen molar-refractivity contribution in [2.45, 2.75) is 33.3 Å². The van der Waals surface area contributed by atoms with Gasteiger partial charge in [0.2, 0.25) is 6.79 Å². The fourth-order valence-corrected chi connectivity index (χ4v) is 3.19. The van der Waals surface area contributed by atoms with E-state index in [4.69, 9.17) is 18.6 Å². The molecule has 0 saturated carbocycles. The molecule has 7 nitrogen and oxygen atoms in total. The molecule has 0 saturated heterocycles. The number of aryl methyl sites for hydroxylation is 2. The van der Waals surface area contributed by atoms with E-state index in [1.165, 1.54) is 6.92 Å². The highest BCUT2D eigenvalue weighted by Gasteiger charge is 2.21.